The van der Waals surface area contributed by atoms with Gasteiger partial charge in [-0.3, -0.25) is 19.1 Å². The largest absolute Gasteiger partial charge is 0.445 e. The number of carbonyl (C=O) groups excluding carboxylic acids is 4. The van der Waals surface area contributed by atoms with Gasteiger partial charge in [-0.2, -0.15) is 4.98 Å². The number of hydrogen-bond donors (Lipinski definition) is 3. The molecule has 3 fully saturated rings. The molecule has 16 heteroatoms. The Balaban J connectivity index is 1.28. The normalized spacial score (nSPS) is 28.7. The number of carbonyl (C=O) groups is 4. The third-order valence-corrected chi connectivity index (χ3v) is 11.0. The van der Waals surface area contributed by atoms with Crippen LogP contribution in [0.4, 0.5) is 9.18 Å². The van der Waals surface area contributed by atoms with Gasteiger partial charge in [0.15, 0.2) is 5.58 Å². The smallest absolute Gasteiger partial charge is 0.408 e. The first-order chi connectivity index (χ1) is 23.1. The number of aromatic nitrogens is 1. The molecule has 49 heavy (non-hydrogen) atoms. The molecule has 1 saturated heterocycles. The Kier molecular flexibility index (Phi) is 9.37. The number of sulfonamides is 1. The fraction of sp³-hybridized carbons (Fsp3) is 0.606. The molecular formula is C33H42FN5O9S. The Morgan fingerprint density at radius 1 is 1.14 bits per heavy atom. The number of ether oxygens (including phenoxy) is 2. The molecule has 2 aromatic rings. The number of halogens is 1. The molecule has 2 saturated carbocycles. The van der Waals surface area contributed by atoms with E-state index >= 15 is 0 Å². The fourth-order valence-electron chi connectivity index (χ4n) is 6.37. The van der Waals surface area contributed by atoms with E-state index in [9.17, 15) is 32.0 Å². The maximum Gasteiger partial charge on any atom is 0.408 e. The van der Waals surface area contributed by atoms with Crippen LogP contribution >= 0.6 is 0 Å². The zero-order chi connectivity index (χ0) is 35.1. The highest BCUT2D eigenvalue weighted by Crippen LogP contribution is 2.46. The molecule has 1 aromatic carbocycles. The Hall–Kier alpha value is -4.21. The van der Waals surface area contributed by atoms with Gasteiger partial charge in [0.2, 0.25) is 21.8 Å². The molecule has 5 atom stereocenters. The van der Waals surface area contributed by atoms with Crippen molar-refractivity contribution >= 4 is 44.9 Å². The number of oxazole rings is 1. The van der Waals surface area contributed by atoms with Crippen molar-refractivity contribution in [2.75, 3.05) is 6.54 Å². The third kappa shape index (κ3) is 8.00. The van der Waals surface area contributed by atoms with Crippen LogP contribution in [-0.2, 0) is 29.1 Å². The molecule has 0 bridgehead atoms. The van der Waals surface area contributed by atoms with Crippen molar-refractivity contribution in [3.63, 3.8) is 0 Å². The van der Waals surface area contributed by atoms with Crippen molar-refractivity contribution in [2.45, 2.75) is 113 Å². The van der Waals surface area contributed by atoms with Crippen LogP contribution < -0.4 is 20.1 Å². The van der Waals surface area contributed by atoms with Crippen molar-refractivity contribution in [3.05, 3.63) is 36.2 Å². The topological polar surface area (TPSA) is 186 Å². The lowest BCUT2D eigenvalue weighted by atomic mass is 10.0. The number of rotatable bonds is 6. The van der Waals surface area contributed by atoms with E-state index in [4.69, 9.17) is 13.9 Å². The van der Waals surface area contributed by atoms with E-state index in [1.54, 1.807) is 20.8 Å². The van der Waals surface area contributed by atoms with E-state index < -0.39 is 80.2 Å². The highest BCUT2D eigenvalue weighted by Gasteiger charge is 2.62. The highest BCUT2D eigenvalue weighted by molar-refractivity contribution is 7.91. The fourth-order valence-corrected chi connectivity index (χ4v) is 7.73. The minimum Gasteiger partial charge on any atom is -0.445 e. The van der Waals surface area contributed by atoms with E-state index in [-0.39, 0.29) is 43.0 Å². The summed E-state index contributed by atoms with van der Waals surface area (Å²) in [5.74, 6) is -3.01. The van der Waals surface area contributed by atoms with Crippen LogP contribution in [0.3, 0.4) is 0 Å². The van der Waals surface area contributed by atoms with Gasteiger partial charge in [0.1, 0.15) is 40.7 Å². The van der Waals surface area contributed by atoms with Crippen LogP contribution in [0.5, 0.6) is 6.08 Å². The average molecular weight is 704 g/mol. The second-order valence-corrected chi connectivity index (χ2v) is 16.2. The highest BCUT2D eigenvalue weighted by atomic mass is 32.2. The van der Waals surface area contributed by atoms with Crippen LogP contribution in [0.1, 0.15) is 78.6 Å². The number of alkyl carbamates (subject to hydrolysis) is 1. The van der Waals surface area contributed by atoms with Crippen molar-refractivity contribution in [1.29, 1.82) is 0 Å². The van der Waals surface area contributed by atoms with Crippen LogP contribution in [-0.4, -0.2) is 83.2 Å². The minimum atomic E-state index is -3.90. The van der Waals surface area contributed by atoms with Crippen molar-refractivity contribution in [2.24, 2.45) is 5.92 Å². The Morgan fingerprint density at radius 2 is 1.92 bits per heavy atom. The average Bonchev–Trinajstić information content (AvgIpc) is 3.90. The monoisotopic (exact) mass is 703 g/mol. The minimum absolute atomic E-state index is 0.0393. The first kappa shape index (κ1) is 34.6. The molecule has 2 aliphatic heterocycles. The van der Waals surface area contributed by atoms with E-state index in [0.29, 0.717) is 25.7 Å². The summed E-state index contributed by atoms with van der Waals surface area (Å²) in [6, 6.07) is 1.60. The number of hydrogen-bond acceptors (Lipinski definition) is 10. The van der Waals surface area contributed by atoms with E-state index in [1.807, 2.05) is 12.2 Å². The van der Waals surface area contributed by atoms with Gasteiger partial charge in [0, 0.05) is 18.4 Å². The zero-order valence-corrected chi connectivity index (χ0v) is 28.5. The van der Waals surface area contributed by atoms with Crippen LogP contribution in [0, 0.1) is 11.7 Å². The molecule has 3 heterocycles. The zero-order valence-electron chi connectivity index (χ0n) is 27.7. The summed E-state index contributed by atoms with van der Waals surface area (Å²) < 4.78 is 58.4. The van der Waals surface area contributed by atoms with E-state index in [0.717, 1.165) is 12.8 Å². The predicted octanol–water partition coefficient (Wildman–Crippen LogP) is 3.21. The van der Waals surface area contributed by atoms with Gasteiger partial charge in [-0.1, -0.05) is 25.0 Å². The molecule has 1 aromatic heterocycles. The molecule has 4 amide bonds. The van der Waals surface area contributed by atoms with Crippen molar-refractivity contribution < 1.29 is 45.9 Å². The first-order valence-electron chi connectivity index (χ1n) is 16.7. The maximum atomic E-state index is 14.2. The summed E-state index contributed by atoms with van der Waals surface area (Å²) in [6.45, 7) is 5.01. The lowest BCUT2D eigenvalue weighted by molar-refractivity contribution is -0.141. The molecule has 266 valence electrons. The molecule has 0 unspecified atom stereocenters. The van der Waals surface area contributed by atoms with Crippen LogP contribution in [0.2, 0.25) is 0 Å². The Bertz CT molecular complexity index is 1770. The van der Waals surface area contributed by atoms with Crippen molar-refractivity contribution in [3.8, 4) is 6.08 Å². The summed E-state index contributed by atoms with van der Waals surface area (Å²) in [4.78, 5) is 60.2. The third-order valence-electron chi connectivity index (χ3n) is 9.13. The predicted molar refractivity (Wildman–Crippen MR) is 173 cm³/mol. The van der Waals surface area contributed by atoms with Gasteiger partial charge in [-0.15, -0.1) is 0 Å². The number of benzene rings is 1. The van der Waals surface area contributed by atoms with Gasteiger partial charge in [0.05, 0.1) is 11.8 Å². The number of nitrogens with one attached hydrogen (secondary N) is 3. The lowest BCUT2D eigenvalue weighted by Gasteiger charge is -2.30. The van der Waals surface area contributed by atoms with Gasteiger partial charge in [0.25, 0.3) is 5.91 Å². The quantitative estimate of drug-likeness (QED) is 0.377. The summed E-state index contributed by atoms with van der Waals surface area (Å²) in [6.07, 6.45) is 6.10. The molecule has 14 nitrogen and oxygen atoms in total. The van der Waals surface area contributed by atoms with Crippen LogP contribution in [0.25, 0.3) is 11.1 Å². The number of allylic oxidation sites excluding steroid dienone is 1. The molecule has 6 rings (SSSR count). The Morgan fingerprint density at radius 3 is 2.65 bits per heavy atom. The molecule has 2 aliphatic carbocycles. The molecule has 0 spiro atoms. The van der Waals surface area contributed by atoms with Gasteiger partial charge < -0.3 is 29.4 Å². The summed E-state index contributed by atoms with van der Waals surface area (Å²) in [5.41, 5.74) is -1.84. The van der Waals surface area contributed by atoms with Crippen LogP contribution in [0.15, 0.2) is 34.8 Å². The van der Waals surface area contributed by atoms with E-state index in [2.05, 4.69) is 20.3 Å². The summed E-state index contributed by atoms with van der Waals surface area (Å²) in [7, 11) is -3.90. The van der Waals surface area contributed by atoms with Crippen molar-refractivity contribution in [1.82, 2.24) is 25.2 Å². The van der Waals surface area contributed by atoms with Gasteiger partial charge in [-0.05, 0) is 71.4 Å². The second-order valence-electron chi connectivity index (χ2n) is 14.3. The molecular weight excluding hydrogens is 661 g/mol. The van der Waals surface area contributed by atoms with Gasteiger partial charge in [-0.25, -0.2) is 17.6 Å². The standard InChI is InChI=1S/C33H42FN5O9S/c1-32(2,3)48-30(43)35-23-10-8-6-4-5-7-9-19-17-33(19,29(42)38-49(44,45)22-12-13-22)37-27(40)25-16-21(18-39(25)28(23)41)46-31-36-24-15-20(34)11-14-26(24)47-31/h7,9,11,14-15,19,21-23,25H,4-6,8,10,12-13,16-18H2,1-3H3,(H,35,43)(H,37,40)(H,38,42)/b9-7-/t19-,21-,23+,25+,33-/m1/s1. The summed E-state index contributed by atoms with van der Waals surface area (Å²) >= 11 is 0. The number of nitrogens with zero attached hydrogens (tertiary/aromatic N) is 2. The molecule has 3 N–H and O–H groups in total. The molecule has 0 radical (unpaired) electrons. The lowest BCUT2D eigenvalue weighted by Crippen LogP contribution is -2.58. The number of fused-ring (bicyclic) bond motifs is 3. The SMILES string of the molecule is CC(C)(C)OC(=O)N[C@H]1CCCCC/C=C\[C@@H]2C[C@@]2(C(=O)NS(=O)(=O)C2CC2)NC(=O)[C@@H]2C[C@@H](Oc3nc4cc(F)ccc4o3)CN2C1=O. The summed E-state index contributed by atoms with van der Waals surface area (Å²) in [5, 5.41) is 4.84. The molecule has 4 aliphatic rings. The second kappa shape index (κ2) is 13.2. The first-order valence-corrected chi connectivity index (χ1v) is 18.3. The van der Waals surface area contributed by atoms with E-state index in [1.165, 1.54) is 23.1 Å². The number of amides is 4. The maximum absolute atomic E-state index is 14.2. The Labute approximate surface area is 283 Å². The van der Waals surface area contributed by atoms with Gasteiger partial charge >= 0.3 is 12.2 Å².